The minimum Gasteiger partial charge on any atom is -0.321 e. The van der Waals surface area contributed by atoms with E-state index < -0.39 is 40.9 Å². The lowest BCUT2D eigenvalue weighted by Gasteiger charge is -2.12. The summed E-state index contributed by atoms with van der Waals surface area (Å²) in [5.74, 6) is -1.28. The van der Waals surface area contributed by atoms with E-state index in [1.165, 1.54) is 0 Å². The quantitative estimate of drug-likeness (QED) is 0.407. The minimum absolute atomic E-state index is 0.0455. The predicted molar refractivity (Wildman–Crippen MR) is 104 cm³/mol. The van der Waals surface area contributed by atoms with Gasteiger partial charge in [-0.2, -0.15) is 35.8 Å². The van der Waals surface area contributed by atoms with E-state index in [1.807, 2.05) is 0 Å². The molecular weight excluding hydrogens is 460 g/mol. The average Bonchev–Trinajstić information content (AvgIpc) is 3.28. The zero-order valence-corrected chi connectivity index (χ0v) is 16.7. The van der Waals surface area contributed by atoms with Gasteiger partial charge in [0.15, 0.2) is 0 Å². The molecule has 0 fully saturated rings. The van der Waals surface area contributed by atoms with E-state index in [-0.39, 0.29) is 11.4 Å². The number of carbonyl (C=O) groups excluding carboxylic acids is 1. The van der Waals surface area contributed by atoms with Crippen molar-refractivity contribution < 1.29 is 31.1 Å². The second kappa shape index (κ2) is 7.58. The lowest BCUT2D eigenvalue weighted by atomic mass is 10.1. The minimum atomic E-state index is -4.99. The molecular formula is C19H11F6N5OS. The van der Waals surface area contributed by atoms with Crippen LogP contribution in [0.5, 0.6) is 0 Å². The number of aromatic nitrogens is 4. The van der Waals surface area contributed by atoms with E-state index >= 15 is 0 Å². The topological polar surface area (TPSA) is 72.7 Å². The normalized spacial score (nSPS) is 12.3. The third-order valence-electron chi connectivity index (χ3n) is 4.46. The van der Waals surface area contributed by atoms with Crippen molar-refractivity contribution in [3.63, 3.8) is 0 Å². The number of fused-ring (bicyclic) bond motifs is 1. The van der Waals surface area contributed by atoms with E-state index in [1.54, 1.807) is 24.3 Å². The Bertz CT molecular complexity index is 1320. The highest BCUT2D eigenvalue weighted by molar-refractivity contribution is 7.13. The number of carbonyl (C=O) groups is 1. The second-order valence-corrected chi connectivity index (χ2v) is 7.41. The summed E-state index contributed by atoms with van der Waals surface area (Å²) in [6.07, 6.45) is -8.99. The summed E-state index contributed by atoms with van der Waals surface area (Å²) in [6, 6.07) is 8.16. The Morgan fingerprint density at radius 1 is 1.03 bits per heavy atom. The van der Waals surface area contributed by atoms with E-state index in [9.17, 15) is 31.1 Å². The maximum Gasteiger partial charge on any atom is 0.433 e. The number of anilines is 1. The molecule has 4 aromatic rings. The summed E-state index contributed by atoms with van der Waals surface area (Å²) in [6.45, 7) is 0. The van der Waals surface area contributed by atoms with Crippen LogP contribution in [0.25, 0.3) is 21.5 Å². The maximum atomic E-state index is 14.0. The van der Waals surface area contributed by atoms with Crippen molar-refractivity contribution in [1.29, 1.82) is 0 Å². The van der Waals surface area contributed by atoms with Crippen LogP contribution in [-0.4, -0.2) is 25.0 Å². The first-order valence-corrected chi connectivity index (χ1v) is 9.57. The Labute approximate surface area is 179 Å². The van der Waals surface area contributed by atoms with Gasteiger partial charge in [0, 0.05) is 24.3 Å². The molecule has 0 atom stereocenters. The molecule has 0 radical (unpaired) electrons. The lowest BCUT2D eigenvalue weighted by Crippen LogP contribution is -2.21. The monoisotopic (exact) mass is 471 g/mol. The van der Waals surface area contributed by atoms with Crippen LogP contribution in [0, 0.1) is 0 Å². The molecule has 6 nitrogen and oxygen atoms in total. The largest absolute Gasteiger partial charge is 0.433 e. The zero-order valence-electron chi connectivity index (χ0n) is 15.9. The first-order valence-electron chi connectivity index (χ1n) is 8.80. The van der Waals surface area contributed by atoms with Gasteiger partial charge in [-0.25, -0.2) is 0 Å². The first-order chi connectivity index (χ1) is 15.0. The number of hydrogen-bond acceptors (Lipinski definition) is 5. The predicted octanol–water partition coefficient (Wildman–Crippen LogP) is 5.38. The number of hydrogen-bond donors (Lipinski definition) is 1. The molecule has 0 saturated carbocycles. The van der Waals surface area contributed by atoms with Crippen molar-refractivity contribution in [1.82, 2.24) is 19.1 Å². The molecule has 0 aliphatic carbocycles. The molecule has 0 saturated heterocycles. The van der Waals surface area contributed by atoms with Gasteiger partial charge in [0.2, 0.25) is 0 Å². The SMILES string of the molecule is Cn1nc(-c2nsc3ccccc23)c(C(F)(F)F)c1C(=O)Nc1ccnc(C(F)(F)F)c1. The van der Waals surface area contributed by atoms with E-state index in [0.29, 0.717) is 16.2 Å². The van der Waals surface area contributed by atoms with Crippen LogP contribution >= 0.6 is 11.5 Å². The highest BCUT2D eigenvalue weighted by Crippen LogP contribution is 2.41. The van der Waals surface area contributed by atoms with Gasteiger partial charge >= 0.3 is 12.4 Å². The number of rotatable bonds is 3. The Balaban J connectivity index is 1.81. The fourth-order valence-corrected chi connectivity index (χ4v) is 3.91. The zero-order chi connectivity index (χ0) is 23.3. The fourth-order valence-electron chi connectivity index (χ4n) is 3.13. The van der Waals surface area contributed by atoms with Gasteiger partial charge in [-0.05, 0) is 29.7 Å². The molecule has 0 aliphatic heterocycles. The van der Waals surface area contributed by atoms with Crippen molar-refractivity contribution in [2.24, 2.45) is 7.05 Å². The number of aryl methyl sites for hydroxylation is 1. The van der Waals surface area contributed by atoms with Crippen molar-refractivity contribution in [3.05, 3.63) is 59.5 Å². The summed E-state index contributed by atoms with van der Waals surface area (Å²) in [5.41, 5.74) is -4.46. The molecule has 1 amide bonds. The molecule has 0 spiro atoms. The van der Waals surface area contributed by atoms with Gasteiger partial charge in [-0.15, -0.1) is 0 Å². The molecule has 1 aromatic carbocycles. The Kier molecular flexibility index (Phi) is 5.15. The second-order valence-electron chi connectivity index (χ2n) is 6.60. The highest BCUT2D eigenvalue weighted by atomic mass is 32.1. The Hall–Kier alpha value is -3.48. The summed E-state index contributed by atoms with van der Waals surface area (Å²) < 4.78 is 86.1. The molecule has 0 aliphatic rings. The van der Waals surface area contributed by atoms with Gasteiger partial charge in [-0.3, -0.25) is 14.5 Å². The number of pyridine rings is 1. The molecule has 4 rings (SSSR count). The Morgan fingerprint density at radius 3 is 2.44 bits per heavy atom. The standard InChI is InChI=1S/C19H11F6N5OS/c1-30-16(17(31)27-9-6-7-26-12(8-9)18(20,21)22)13(19(23,24)25)15(28-30)14-10-4-2-3-5-11(10)32-29-14/h2-8H,1H3,(H,26,27,31). The van der Waals surface area contributed by atoms with E-state index in [0.717, 1.165) is 35.5 Å². The molecule has 13 heteroatoms. The van der Waals surface area contributed by atoms with Crippen molar-refractivity contribution in [3.8, 4) is 11.4 Å². The van der Waals surface area contributed by atoms with Crippen LogP contribution in [-0.2, 0) is 19.4 Å². The summed E-state index contributed by atoms with van der Waals surface area (Å²) in [7, 11) is 1.13. The van der Waals surface area contributed by atoms with Crippen molar-refractivity contribution >= 4 is 33.2 Å². The average molecular weight is 471 g/mol. The maximum absolute atomic E-state index is 14.0. The van der Waals surface area contributed by atoms with Crippen LogP contribution in [0.3, 0.4) is 0 Å². The molecule has 1 N–H and O–H groups in total. The smallest absolute Gasteiger partial charge is 0.321 e. The lowest BCUT2D eigenvalue weighted by molar-refractivity contribution is -0.141. The molecule has 0 bridgehead atoms. The van der Waals surface area contributed by atoms with Gasteiger partial charge in [-0.1, -0.05) is 18.2 Å². The first kappa shape index (κ1) is 21.7. The van der Waals surface area contributed by atoms with Gasteiger partial charge in [0.25, 0.3) is 5.91 Å². The third-order valence-corrected chi connectivity index (χ3v) is 5.28. The van der Waals surface area contributed by atoms with E-state index in [2.05, 4.69) is 19.8 Å². The molecule has 3 heterocycles. The van der Waals surface area contributed by atoms with Gasteiger partial charge in [0.05, 0.1) is 4.70 Å². The van der Waals surface area contributed by atoms with Crippen molar-refractivity contribution in [2.45, 2.75) is 12.4 Å². The number of nitrogens with zero attached hydrogens (tertiary/aromatic N) is 4. The van der Waals surface area contributed by atoms with Crippen LogP contribution in [0.1, 0.15) is 21.7 Å². The molecule has 166 valence electrons. The van der Waals surface area contributed by atoms with Crippen LogP contribution in [0.4, 0.5) is 32.0 Å². The highest BCUT2D eigenvalue weighted by Gasteiger charge is 2.43. The number of amides is 1. The number of alkyl halides is 6. The molecule has 3 aromatic heterocycles. The fraction of sp³-hybridized carbons (Fsp3) is 0.158. The molecule has 32 heavy (non-hydrogen) atoms. The number of benzene rings is 1. The summed E-state index contributed by atoms with van der Waals surface area (Å²) >= 11 is 0.977. The van der Waals surface area contributed by atoms with Gasteiger partial charge in [0.1, 0.15) is 28.3 Å². The van der Waals surface area contributed by atoms with Crippen molar-refractivity contribution in [2.75, 3.05) is 5.32 Å². The summed E-state index contributed by atoms with van der Waals surface area (Å²) in [5, 5.41) is 6.37. The summed E-state index contributed by atoms with van der Waals surface area (Å²) in [4.78, 5) is 15.9. The number of nitrogens with one attached hydrogen (secondary N) is 1. The number of halogens is 6. The van der Waals surface area contributed by atoms with Gasteiger partial charge < -0.3 is 5.32 Å². The van der Waals surface area contributed by atoms with E-state index in [4.69, 9.17) is 0 Å². The van der Waals surface area contributed by atoms with Crippen LogP contribution in [0.15, 0.2) is 42.6 Å². The third kappa shape index (κ3) is 3.90. The van der Waals surface area contributed by atoms with Crippen LogP contribution in [0.2, 0.25) is 0 Å². The Morgan fingerprint density at radius 2 is 1.75 bits per heavy atom. The molecule has 0 unspecified atom stereocenters. The van der Waals surface area contributed by atoms with Crippen LogP contribution < -0.4 is 5.32 Å².